The minimum Gasteiger partial charge on any atom is -0.465 e. The lowest BCUT2D eigenvalue weighted by Gasteiger charge is -2.20. The number of benzene rings is 2. The maximum atomic E-state index is 11.6. The summed E-state index contributed by atoms with van der Waals surface area (Å²) in [5, 5.41) is 0. The van der Waals surface area contributed by atoms with Crippen molar-refractivity contribution < 1.29 is 9.53 Å². The van der Waals surface area contributed by atoms with E-state index in [1.54, 1.807) is 0 Å². The van der Waals surface area contributed by atoms with E-state index in [4.69, 9.17) is 4.74 Å². The third kappa shape index (κ3) is 3.18. The monoisotopic (exact) mass is 269 g/mol. The summed E-state index contributed by atoms with van der Waals surface area (Å²) in [4.78, 5) is 13.7. The molecule has 0 spiro atoms. The molecule has 2 aromatic rings. The maximum Gasteiger partial charge on any atom is 0.338 e. The fourth-order valence-corrected chi connectivity index (χ4v) is 2.17. The first-order valence-electron chi connectivity index (χ1n) is 6.56. The zero-order valence-corrected chi connectivity index (χ0v) is 12.1. The number of methoxy groups -OCH3 is 1. The lowest BCUT2D eigenvalue weighted by Crippen LogP contribution is -2.17. The van der Waals surface area contributed by atoms with Gasteiger partial charge in [0.1, 0.15) is 0 Å². The predicted octanol–water partition coefficient (Wildman–Crippen LogP) is 3.42. The molecule has 0 aliphatic rings. The minimum atomic E-state index is -0.292. The minimum absolute atomic E-state index is 0.292. The third-order valence-corrected chi connectivity index (χ3v) is 3.32. The van der Waals surface area contributed by atoms with Crippen LogP contribution in [0.3, 0.4) is 0 Å². The molecule has 0 saturated carbocycles. The van der Waals surface area contributed by atoms with Gasteiger partial charge in [-0.05, 0) is 36.2 Å². The summed E-state index contributed by atoms with van der Waals surface area (Å²) in [7, 11) is 3.44. The normalized spacial score (nSPS) is 10.2. The summed E-state index contributed by atoms with van der Waals surface area (Å²) in [5.41, 5.74) is 3.88. The van der Waals surface area contributed by atoms with Crippen LogP contribution in [0.2, 0.25) is 0 Å². The van der Waals surface area contributed by atoms with Crippen molar-refractivity contribution in [1.29, 1.82) is 0 Å². The zero-order valence-electron chi connectivity index (χ0n) is 12.1. The van der Waals surface area contributed by atoms with E-state index in [9.17, 15) is 4.79 Å². The second kappa shape index (κ2) is 6.24. The summed E-state index contributed by atoms with van der Waals surface area (Å²) >= 11 is 0. The van der Waals surface area contributed by atoms with Gasteiger partial charge in [-0.15, -0.1) is 0 Å². The van der Waals surface area contributed by atoms with Crippen molar-refractivity contribution in [2.45, 2.75) is 13.5 Å². The van der Waals surface area contributed by atoms with Gasteiger partial charge in [0.15, 0.2) is 0 Å². The fraction of sp³-hybridized carbons (Fsp3) is 0.235. The van der Waals surface area contributed by atoms with Gasteiger partial charge >= 0.3 is 5.97 Å². The number of hydrogen-bond acceptors (Lipinski definition) is 3. The van der Waals surface area contributed by atoms with Crippen molar-refractivity contribution in [3.05, 3.63) is 65.2 Å². The molecule has 3 heteroatoms. The van der Waals surface area contributed by atoms with Crippen LogP contribution in [0.15, 0.2) is 48.5 Å². The van der Waals surface area contributed by atoms with E-state index in [0.717, 1.165) is 17.8 Å². The average Bonchev–Trinajstić information content (AvgIpc) is 2.47. The Balaban J connectivity index is 2.17. The van der Waals surface area contributed by atoms with Crippen LogP contribution in [0.4, 0.5) is 5.69 Å². The van der Waals surface area contributed by atoms with E-state index in [0.29, 0.717) is 5.56 Å². The van der Waals surface area contributed by atoms with Gasteiger partial charge in [-0.25, -0.2) is 4.79 Å². The second-order valence-corrected chi connectivity index (χ2v) is 4.83. The molecular formula is C17H19NO2. The Labute approximate surface area is 119 Å². The van der Waals surface area contributed by atoms with Crippen molar-refractivity contribution in [3.8, 4) is 0 Å². The van der Waals surface area contributed by atoms with Crippen molar-refractivity contribution in [2.24, 2.45) is 0 Å². The molecule has 0 fully saturated rings. The molecule has 104 valence electrons. The van der Waals surface area contributed by atoms with Crippen molar-refractivity contribution in [1.82, 2.24) is 0 Å². The summed E-state index contributed by atoms with van der Waals surface area (Å²) in [6.45, 7) is 2.75. The highest BCUT2D eigenvalue weighted by Gasteiger charge is 2.10. The molecule has 0 heterocycles. The zero-order chi connectivity index (χ0) is 14.5. The Hall–Kier alpha value is -2.29. The van der Waals surface area contributed by atoms with Crippen LogP contribution >= 0.6 is 0 Å². The standard InChI is InChI=1S/C17H19NO2/c1-13-11-15(9-10-16(13)17(19)20-3)18(2)12-14-7-5-4-6-8-14/h4-11H,12H2,1-3H3. The average molecular weight is 269 g/mol. The molecule has 0 saturated heterocycles. The van der Waals surface area contributed by atoms with E-state index < -0.39 is 0 Å². The molecule has 0 N–H and O–H groups in total. The highest BCUT2D eigenvalue weighted by Crippen LogP contribution is 2.20. The quantitative estimate of drug-likeness (QED) is 0.797. The molecule has 0 unspecified atom stereocenters. The van der Waals surface area contributed by atoms with Gasteiger partial charge in [0, 0.05) is 19.3 Å². The van der Waals surface area contributed by atoms with Gasteiger partial charge in [0.2, 0.25) is 0 Å². The van der Waals surface area contributed by atoms with Crippen molar-refractivity contribution in [3.63, 3.8) is 0 Å². The van der Waals surface area contributed by atoms with Gasteiger partial charge in [0.25, 0.3) is 0 Å². The number of carbonyl (C=O) groups excluding carboxylic acids is 1. The Bertz CT molecular complexity index is 593. The Morgan fingerprint density at radius 1 is 1.15 bits per heavy atom. The maximum absolute atomic E-state index is 11.6. The SMILES string of the molecule is COC(=O)c1ccc(N(C)Cc2ccccc2)cc1C. The van der Waals surface area contributed by atoms with E-state index in [-0.39, 0.29) is 5.97 Å². The van der Waals surface area contributed by atoms with Gasteiger partial charge < -0.3 is 9.64 Å². The Morgan fingerprint density at radius 3 is 2.45 bits per heavy atom. The van der Waals surface area contributed by atoms with E-state index in [1.165, 1.54) is 12.7 Å². The largest absolute Gasteiger partial charge is 0.465 e. The van der Waals surface area contributed by atoms with Gasteiger partial charge in [-0.1, -0.05) is 30.3 Å². The van der Waals surface area contributed by atoms with Crippen LogP contribution in [0, 0.1) is 6.92 Å². The summed E-state index contributed by atoms with van der Waals surface area (Å²) in [6, 6.07) is 16.1. The van der Waals surface area contributed by atoms with Gasteiger partial charge in [0.05, 0.1) is 12.7 Å². The van der Waals surface area contributed by atoms with Crippen LogP contribution < -0.4 is 4.90 Å². The second-order valence-electron chi connectivity index (χ2n) is 4.83. The molecule has 0 bridgehead atoms. The molecule has 2 aromatic carbocycles. The molecule has 20 heavy (non-hydrogen) atoms. The molecule has 0 amide bonds. The topological polar surface area (TPSA) is 29.5 Å². The number of anilines is 1. The first-order chi connectivity index (χ1) is 9.61. The third-order valence-electron chi connectivity index (χ3n) is 3.32. The number of nitrogens with zero attached hydrogens (tertiary/aromatic N) is 1. The van der Waals surface area contributed by atoms with Crippen molar-refractivity contribution in [2.75, 3.05) is 19.1 Å². The summed E-state index contributed by atoms with van der Waals surface area (Å²) in [6.07, 6.45) is 0. The summed E-state index contributed by atoms with van der Waals surface area (Å²) in [5.74, 6) is -0.292. The van der Waals surface area contributed by atoms with E-state index >= 15 is 0 Å². The molecule has 0 aromatic heterocycles. The van der Waals surface area contributed by atoms with Crippen molar-refractivity contribution >= 4 is 11.7 Å². The molecule has 3 nitrogen and oxygen atoms in total. The molecule has 0 radical (unpaired) electrons. The van der Waals surface area contributed by atoms with Crippen LogP contribution in [0.1, 0.15) is 21.5 Å². The molecule has 0 atom stereocenters. The Kier molecular flexibility index (Phi) is 4.41. The fourth-order valence-electron chi connectivity index (χ4n) is 2.17. The van der Waals surface area contributed by atoms with Crippen LogP contribution in [-0.2, 0) is 11.3 Å². The molecule has 0 aliphatic heterocycles. The molecule has 0 aliphatic carbocycles. The molecular weight excluding hydrogens is 250 g/mol. The van der Waals surface area contributed by atoms with Crippen LogP contribution in [0.25, 0.3) is 0 Å². The number of carbonyl (C=O) groups is 1. The predicted molar refractivity (Wildman–Crippen MR) is 81.1 cm³/mol. The lowest BCUT2D eigenvalue weighted by molar-refractivity contribution is 0.0600. The number of ether oxygens (including phenoxy) is 1. The van der Waals surface area contributed by atoms with E-state index in [1.807, 2.05) is 50.4 Å². The number of esters is 1. The Morgan fingerprint density at radius 2 is 1.85 bits per heavy atom. The highest BCUT2D eigenvalue weighted by molar-refractivity contribution is 5.91. The first-order valence-corrected chi connectivity index (χ1v) is 6.56. The number of rotatable bonds is 4. The first kappa shape index (κ1) is 14.1. The molecule has 2 rings (SSSR count). The number of hydrogen-bond donors (Lipinski definition) is 0. The summed E-state index contributed by atoms with van der Waals surface area (Å²) < 4.78 is 4.76. The number of aryl methyl sites for hydroxylation is 1. The van der Waals surface area contributed by atoms with E-state index in [2.05, 4.69) is 17.0 Å². The lowest BCUT2D eigenvalue weighted by atomic mass is 10.1. The van der Waals surface area contributed by atoms with Crippen LogP contribution in [0.5, 0.6) is 0 Å². The van der Waals surface area contributed by atoms with Gasteiger partial charge in [-0.3, -0.25) is 0 Å². The smallest absolute Gasteiger partial charge is 0.338 e. The highest BCUT2D eigenvalue weighted by atomic mass is 16.5. The van der Waals surface area contributed by atoms with Crippen LogP contribution in [-0.4, -0.2) is 20.1 Å². The van der Waals surface area contributed by atoms with Gasteiger partial charge in [-0.2, -0.15) is 0 Å².